The number of rotatable bonds is 5. The third-order valence-corrected chi connectivity index (χ3v) is 5.84. The molecule has 5 nitrogen and oxygen atoms in total. The minimum atomic E-state index is -2.96. The Labute approximate surface area is 132 Å². The summed E-state index contributed by atoms with van der Waals surface area (Å²) in [5.41, 5.74) is 3.55. The van der Waals surface area contributed by atoms with Gasteiger partial charge in [-0.05, 0) is 38.3 Å². The lowest BCUT2D eigenvalue weighted by Crippen LogP contribution is -2.41. The summed E-state index contributed by atoms with van der Waals surface area (Å²) in [6.45, 7) is 6.31. The van der Waals surface area contributed by atoms with Gasteiger partial charge < -0.3 is 10.6 Å². The second-order valence-corrected chi connectivity index (χ2v) is 8.36. The Morgan fingerprint density at radius 2 is 2.09 bits per heavy atom. The summed E-state index contributed by atoms with van der Waals surface area (Å²) in [4.78, 5) is 11.9. The van der Waals surface area contributed by atoms with Crippen molar-refractivity contribution in [3.8, 4) is 0 Å². The van der Waals surface area contributed by atoms with Crippen LogP contribution in [-0.2, 0) is 14.6 Å². The van der Waals surface area contributed by atoms with E-state index in [1.807, 2.05) is 13.8 Å². The standard InChI is InChI=1S/C16H24N2O3S/c1-11-4-5-12(2)15(8-11)13(3)17-9-16(19)18-14-6-7-22(20,21)10-14/h4-5,8,13-14,17H,6-7,9-10H2,1-3H3,(H,18,19)/t13-,14+/m1/s1. The molecular weight excluding hydrogens is 300 g/mol. The molecule has 1 heterocycles. The van der Waals surface area contributed by atoms with Crippen LogP contribution in [0.15, 0.2) is 18.2 Å². The van der Waals surface area contributed by atoms with Gasteiger partial charge in [0.25, 0.3) is 0 Å². The van der Waals surface area contributed by atoms with Crippen LogP contribution >= 0.6 is 0 Å². The zero-order valence-corrected chi connectivity index (χ0v) is 14.2. The van der Waals surface area contributed by atoms with Crippen molar-refractivity contribution in [2.24, 2.45) is 0 Å². The molecule has 1 saturated heterocycles. The summed E-state index contributed by atoms with van der Waals surface area (Å²) in [6.07, 6.45) is 0.514. The number of carbonyl (C=O) groups excluding carboxylic acids is 1. The first-order chi connectivity index (χ1) is 10.3. The van der Waals surface area contributed by atoms with Crippen LogP contribution in [0.2, 0.25) is 0 Å². The number of nitrogens with one attached hydrogen (secondary N) is 2. The van der Waals surface area contributed by atoms with Crippen molar-refractivity contribution in [2.45, 2.75) is 39.3 Å². The van der Waals surface area contributed by atoms with Crippen LogP contribution in [0.5, 0.6) is 0 Å². The van der Waals surface area contributed by atoms with Crippen LogP contribution < -0.4 is 10.6 Å². The summed E-state index contributed by atoms with van der Waals surface area (Å²) < 4.78 is 22.8. The SMILES string of the molecule is Cc1ccc(C)c([C@@H](C)NCC(=O)N[C@H]2CCS(=O)(=O)C2)c1. The molecule has 1 aliphatic rings. The normalized spacial score (nSPS) is 21.5. The molecule has 0 aliphatic carbocycles. The molecule has 1 amide bonds. The molecule has 0 spiro atoms. The van der Waals surface area contributed by atoms with E-state index in [1.165, 1.54) is 16.7 Å². The highest BCUT2D eigenvalue weighted by Gasteiger charge is 2.28. The van der Waals surface area contributed by atoms with Gasteiger partial charge in [-0.15, -0.1) is 0 Å². The number of hydrogen-bond acceptors (Lipinski definition) is 4. The fourth-order valence-electron chi connectivity index (χ4n) is 2.77. The van der Waals surface area contributed by atoms with Crippen molar-refractivity contribution in [1.29, 1.82) is 0 Å². The number of benzene rings is 1. The Morgan fingerprint density at radius 3 is 2.73 bits per heavy atom. The zero-order valence-electron chi connectivity index (χ0n) is 13.3. The largest absolute Gasteiger partial charge is 0.351 e. The van der Waals surface area contributed by atoms with Gasteiger partial charge in [-0.2, -0.15) is 0 Å². The van der Waals surface area contributed by atoms with E-state index < -0.39 is 9.84 Å². The fraction of sp³-hybridized carbons (Fsp3) is 0.562. The van der Waals surface area contributed by atoms with Crippen molar-refractivity contribution < 1.29 is 13.2 Å². The predicted octanol–water partition coefficient (Wildman–Crippen LogP) is 1.26. The second-order valence-electron chi connectivity index (χ2n) is 6.13. The predicted molar refractivity (Wildman–Crippen MR) is 87.5 cm³/mol. The van der Waals surface area contributed by atoms with Gasteiger partial charge in [0.15, 0.2) is 9.84 Å². The maximum absolute atomic E-state index is 11.9. The first-order valence-electron chi connectivity index (χ1n) is 7.57. The third-order valence-electron chi connectivity index (χ3n) is 4.07. The lowest BCUT2D eigenvalue weighted by atomic mass is 10.00. The van der Waals surface area contributed by atoms with Crippen molar-refractivity contribution in [1.82, 2.24) is 10.6 Å². The molecule has 0 radical (unpaired) electrons. The molecule has 2 rings (SSSR count). The summed E-state index contributed by atoms with van der Waals surface area (Å²) in [5.74, 6) is 0.0782. The zero-order chi connectivity index (χ0) is 16.3. The average molecular weight is 324 g/mol. The van der Waals surface area contributed by atoms with Gasteiger partial charge >= 0.3 is 0 Å². The molecule has 0 bridgehead atoms. The quantitative estimate of drug-likeness (QED) is 0.855. The summed E-state index contributed by atoms with van der Waals surface area (Å²) >= 11 is 0. The van der Waals surface area contributed by atoms with Gasteiger partial charge in [0, 0.05) is 12.1 Å². The van der Waals surface area contributed by atoms with Crippen LogP contribution in [-0.4, -0.2) is 38.4 Å². The number of sulfone groups is 1. The van der Waals surface area contributed by atoms with Gasteiger partial charge in [0.1, 0.15) is 0 Å². The van der Waals surface area contributed by atoms with Crippen molar-refractivity contribution in [3.05, 3.63) is 34.9 Å². The summed E-state index contributed by atoms with van der Waals surface area (Å²) in [5, 5.41) is 5.99. The van der Waals surface area contributed by atoms with Gasteiger partial charge in [-0.25, -0.2) is 8.42 Å². The van der Waals surface area contributed by atoms with E-state index in [4.69, 9.17) is 0 Å². The van der Waals surface area contributed by atoms with E-state index in [1.54, 1.807) is 0 Å². The minimum absolute atomic E-state index is 0.0608. The van der Waals surface area contributed by atoms with Gasteiger partial charge in [0.05, 0.1) is 18.1 Å². The van der Waals surface area contributed by atoms with Crippen LogP contribution in [0, 0.1) is 13.8 Å². The highest BCUT2D eigenvalue weighted by Crippen LogP contribution is 2.18. The molecule has 0 saturated carbocycles. The topological polar surface area (TPSA) is 75.3 Å². The Bertz CT molecular complexity index is 655. The Kier molecular flexibility index (Phi) is 5.24. The van der Waals surface area contributed by atoms with Crippen molar-refractivity contribution in [2.75, 3.05) is 18.1 Å². The molecule has 0 unspecified atom stereocenters. The van der Waals surface area contributed by atoms with E-state index in [0.717, 1.165) is 0 Å². The van der Waals surface area contributed by atoms with Crippen LogP contribution in [0.25, 0.3) is 0 Å². The van der Waals surface area contributed by atoms with Gasteiger partial charge in [-0.3, -0.25) is 4.79 Å². The molecule has 6 heteroatoms. The molecule has 0 aromatic heterocycles. The first kappa shape index (κ1) is 17.0. The third kappa shape index (κ3) is 4.55. The Morgan fingerprint density at radius 1 is 1.36 bits per heavy atom. The molecule has 22 heavy (non-hydrogen) atoms. The highest BCUT2D eigenvalue weighted by atomic mass is 32.2. The molecule has 2 atom stereocenters. The van der Waals surface area contributed by atoms with Crippen molar-refractivity contribution >= 4 is 15.7 Å². The van der Waals surface area contributed by atoms with Gasteiger partial charge in [0.2, 0.25) is 5.91 Å². The summed E-state index contributed by atoms with van der Waals surface area (Å²) in [6, 6.07) is 6.09. The van der Waals surface area contributed by atoms with E-state index >= 15 is 0 Å². The highest BCUT2D eigenvalue weighted by molar-refractivity contribution is 7.91. The molecule has 1 aliphatic heterocycles. The van der Waals surface area contributed by atoms with E-state index in [2.05, 4.69) is 35.8 Å². The van der Waals surface area contributed by atoms with E-state index in [0.29, 0.717) is 6.42 Å². The van der Waals surface area contributed by atoms with Crippen LogP contribution in [0.1, 0.15) is 36.1 Å². The fourth-order valence-corrected chi connectivity index (χ4v) is 4.44. The van der Waals surface area contributed by atoms with E-state index in [-0.39, 0.29) is 36.0 Å². The number of hydrogen-bond donors (Lipinski definition) is 2. The Balaban J connectivity index is 1.84. The average Bonchev–Trinajstić information content (AvgIpc) is 2.78. The molecule has 122 valence electrons. The maximum atomic E-state index is 11.9. The number of aryl methyl sites for hydroxylation is 2. The number of carbonyl (C=O) groups is 1. The lowest BCUT2D eigenvalue weighted by Gasteiger charge is -2.18. The lowest BCUT2D eigenvalue weighted by molar-refractivity contribution is -0.120. The summed E-state index contributed by atoms with van der Waals surface area (Å²) in [7, 11) is -2.96. The van der Waals surface area contributed by atoms with Crippen molar-refractivity contribution in [3.63, 3.8) is 0 Å². The maximum Gasteiger partial charge on any atom is 0.234 e. The molecule has 1 aromatic carbocycles. The molecule has 2 N–H and O–H groups in total. The van der Waals surface area contributed by atoms with Crippen LogP contribution in [0.3, 0.4) is 0 Å². The first-order valence-corrected chi connectivity index (χ1v) is 9.39. The molecule has 1 fully saturated rings. The second kappa shape index (κ2) is 6.79. The smallest absolute Gasteiger partial charge is 0.234 e. The molecule has 1 aromatic rings. The number of amides is 1. The molecular formula is C16H24N2O3S. The van der Waals surface area contributed by atoms with Gasteiger partial charge in [-0.1, -0.05) is 23.8 Å². The van der Waals surface area contributed by atoms with Crippen LogP contribution in [0.4, 0.5) is 0 Å². The Hall–Kier alpha value is -1.40. The monoisotopic (exact) mass is 324 g/mol. The van der Waals surface area contributed by atoms with E-state index in [9.17, 15) is 13.2 Å². The minimum Gasteiger partial charge on any atom is -0.351 e.